The van der Waals surface area contributed by atoms with Crippen molar-refractivity contribution in [1.29, 1.82) is 0 Å². The Balaban J connectivity index is 2.07. The molecule has 0 aliphatic heterocycles. The highest BCUT2D eigenvalue weighted by molar-refractivity contribution is 5.78. The van der Waals surface area contributed by atoms with Crippen LogP contribution in [0, 0.1) is 0 Å². The number of nitrogens with one attached hydrogen (secondary N) is 2. The van der Waals surface area contributed by atoms with Gasteiger partial charge < -0.3 is 15.5 Å². The van der Waals surface area contributed by atoms with Gasteiger partial charge in [-0.3, -0.25) is 4.79 Å². The summed E-state index contributed by atoms with van der Waals surface area (Å²) in [5.74, 6) is 0.0837. The van der Waals surface area contributed by atoms with Crippen LogP contribution in [-0.4, -0.2) is 50.6 Å². The second-order valence-electron chi connectivity index (χ2n) is 5.83. The average molecular weight is 291 g/mol. The van der Waals surface area contributed by atoms with Crippen LogP contribution >= 0.6 is 0 Å². The summed E-state index contributed by atoms with van der Waals surface area (Å²) in [7, 11) is 4.11. The second-order valence-corrected chi connectivity index (χ2v) is 5.83. The molecule has 0 fully saturated rings. The van der Waals surface area contributed by atoms with Crippen LogP contribution in [0.15, 0.2) is 30.3 Å². The smallest absolute Gasteiger partial charge is 0.234 e. The zero-order valence-electron chi connectivity index (χ0n) is 13.6. The molecular formula is C17H29N3O. The lowest BCUT2D eigenvalue weighted by Crippen LogP contribution is -2.39. The number of rotatable bonds is 10. The molecule has 118 valence electrons. The van der Waals surface area contributed by atoms with E-state index in [0.717, 1.165) is 32.4 Å². The maximum atomic E-state index is 11.8. The molecule has 0 spiro atoms. The number of hydrogen-bond acceptors (Lipinski definition) is 3. The van der Waals surface area contributed by atoms with Crippen molar-refractivity contribution in [1.82, 2.24) is 15.5 Å². The highest BCUT2D eigenvalue weighted by atomic mass is 16.1. The van der Waals surface area contributed by atoms with Crippen molar-refractivity contribution in [3.63, 3.8) is 0 Å². The van der Waals surface area contributed by atoms with Crippen LogP contribution < -0.4 is 10.6 Å². The third-order valence-corrected chi connectivity index (χ3v) is 3.36. The normalized spacial score (nSPS) is 12.4. The van der Waals surface area contributed by atoms with E-state index in [0.29, 0.717) is 6.54 Å². The van der Waals surface area contributed by atoms with Crippen molar-refractivity contribution < 1.29 is 4.79 Å². The van der Waals surface area contributed by atoms with Gasteiger partial charge in [0.05, 0.1) is 6.54 Å². The molecule has 0 saturated heterocycles. The standard InChI is InChI=1S/C17H29N3O/c1-15(10-11-16-8-5-4-6-9-16)19-17(21)14-18-12-7-13-20(2)3/h4-6,8-9,15,18H,7,10-14H2,1-3H3,(H,19,21)/t15-/m1/s1. The van der Waals surface area contributed by atoms with Crippen LogP contribution in [0.2, 0.25) is 0 Å². The Morgan fingerprint density at radius 1 is 1.24 bits per heavy atom. The lowest BCUT2D eigenvalue weighted by Gasteiger charge is -2.14. The zero-order chi connectivity index (χ0) is 15.5. The first-order valence-electron chi connectivity index (χ1n) is 7.76. The van der Waals surface area contributed by atoms with Crippen LogP contribution in [0.25, 0.3) is 0 Å². The molecule has 0 aliphatic carbocycles. The van der Waals surface area contributed by atoms with Crippen molar-refractivity contribution in [2.45, 2.75) is 32.2 Å². The van der Waals surface area contributed by atoms with Gasteiger partial charge >= 0.3 is 0 Å². The molecule has 0 saturated carbocycles. The lowest BCUT2D eigenvalue weighted by atomic mass is 10.1. The zero-order valence-corrected chi connectivity index (χ0v) is 13.6. The third-order valence-electron chi connectivity index (χ3n) is 3.36. The summed E-state index contributed by atoms with van der Waals surface area (Å²) in [6, 6.07) is 10.6. The molecule has 21 heavy (non-hydrogen) atoms. The SMILES string of the molecule is C[C@H](CCc1ccccc1)NC(=O)CNCCCN(C)C. The largest absolute Gasteiger partial charge is 0.353 e. The molecule has 0 unspecified atom stereocenters. The van der Waals surface area contributed by atoms with E-state index in [4.69, 9.17) is 0 Å². The Morgan fingerprint density at radius 3 is 2.62 bits per heavy atom. The molecule has 4 heteroatoms. The van der Waals surface area contributed by atoms with Crippen LogP contribution in [-0.2, 0) is 11.2 Å². The summed E-state index contributed by atoms with van der Waals surface area (Å²) < 4.78 is 0. The highest BCUT2D eigenvalue weighted by Gasteiger charge is 2.07. The Labute approximate surface area is 128 Å². The predicted molar refractivity (Wildman–Crippen MR) is 88.4 cm³/mol. The van der Waals surface area contributed by atoms with Crippen molar-refractivity contribution in [2.24, 2.45) is 0 Å². The number of carbonyl (C=O) groups is 1. The van der Waals surface area contributed by atoms with Crippen molar-refractivity contribution >= 4 is 5.91 Å². The molecule has 2 N–H and O–H groups in total. The van der Waals surface area contributed by atoms with Gasteiger partial charge in [-0.1, -0.05) is 30.3 Å². The highest BCUT2D eigenvalue weighted by Crippen LogP contribution is 2.04. The first-order valence-corrected chi connectivity index (χ1v) is 7.76. The van der Waals surface area contributed by atoms with E-state index in [1.807, 2.05) is 6.07 Å². The fourth-order valence-corrected chi connectivity index (χ4v) is 2.15. The number of amides is 1. The van der Waals surface area contributed by atoms with Gasteiger partial charge in [0.2, 0.25) is 5.91 Å². The first kappa shape index (κ1) is 17.7. The first-order chi connectivity index (χ1) is 10.1. The summed E-state index contributed by atoms with van der Waals surface area (Å²) in [6.07, 6.45) is 3.03. The molecule has 0 heterocycles. The molecule has 4 nitrogen and oxygen atoms in total. The summed E-state index contributed by atoms with van der Waals surface area (Å²) >= 11 is 0. The molecule has 1 aromatic rings. The Bertz CT molecular complexity index is 392. The fourth-order valence-electron chi connectivity index (χ4n) is 2.15. The van der Waals surface area contributed by atoms with E-state index < -0.39 is 0 Å². The van der Waals surface area contributed by atoms with E-state index in [1.165, 1.54) is 5.56 Å². The van der Waals surface area contributed by atoms with Gasteiger partial charge in [0.1, 0.15) is 0 Å². The quantitative estimate of drug-likeness (QED) is 0.645. The summed E-state index contributed by atoms with van der Waals surface area (Å²) in [6.45, 7) is 4.39. The molecule has 0 aromatic heterocycles. The second kappa shape index (κ2) is 10.4. The van der Waals surface area contributed by atoms with Gasteiger partial charge in [-0.05, 0) is 58.9 Å². The molecule has 1 atom stereocenters. The van der Waals surface area contributed by atoms with Crippen LogP contribution in [0.4, 0.5) is 0 Å². The van der Waals surface area contributed by atoms with Gasteiger partial charge in [0, 0.05) is 6.04 Å². The van der Waals surface area contributed by atoms with E-state index in [9.17, 15) is 4.79 Å². The monoisotopic (exact) mass is 291 g/mol. The van der Waals surface area contributed by atoms with Crippen molar-refractivity contribution in [3.8, 4) is 0 Å². The van der Waals surface area contributed by atoms with E-state index in [1.54, 1.807) is 0 Å². The van der Waals surface area contributed by atoms with Crippen LogP contribution in [0.3, 0.4) is 0 Å². The van der Waals surface area contributed by atoms with Crippen LogP contribution in [0.1, 0.15) is 25.3 Å². The minimum atomic E-state index is 0.0837. The van der Waals surface area contributed by atoms with E-state index in [-0.39, 0.29) is 11.9 Å². The summed E-state index contributed by atoms with van der Waals surface area (Å²) in [4.78, 5) is 13.9. The minimum absolute atomic E-state index is 0.0837. The Hall–Kier alpha value is -1.39. The van der Waals surface area contributed by atoms with Gasteiger partial charge in [0.25, 0.3) is 0 Å². The van der Waals surface area contributed by atoms with E-state index >= 15 is 0 Å². The fraction of sp³-hybridized carbons (Fsp3) is 0.588. The summed E-state index contributed by atoms with van der Waals surface area (Å²) in [5, 5.41) is 6.22. The number of hydrogen-bond donors (Lipinski definition) is 2. The predicted octanol–water partition coefficient (Wildman–Crippen LogP) is 1.67. The molecule has 1 aromatic carbocycles. The molecule has 0 bridgehead atoms. The molecule has 0 radical (unpaired) electrons. The van der Waals surface area contributed by atoms with Crippen molar-refractivity contribution in [3.05, 3.63) is 35.9 Å². The van der Waals surface area contributed by atoms with E-state index in [2.05, 4.69) is 60.8 Å². The molecule has 0 aliphatic rings. The van der Waals surface area contributed by atoms with Crippen molar-refractivity contribution in [2.75, 3.05) is 33.7 Å². The number of benzene rings is 1. The third kappa shape index (κ3) is 9.21. The van der Waals surface area contributed by atoms with Gasteiger partial charge in [-0.25, -0.2) is 0 Å². The van der Waals surface area contributed by atoms with Crippen LogP contribution in [0.5, 0.6) is 0 Å². The summed E-state index contributed by atoms with van der Waals surface area (Å²) in [5.41, 5.74) is 1.32. The number of carbonyl (C=O) groups excluding carboxylic acids is 1. The topological polar surface area (TPSA) is 44.4 Å². The molecular weight excluding hydrogens is 262 g/mol. The average Bonchev–Trinajstić information content (AvgIpc) is 2.45. The minimum Gasteiger partial charge on any atom is -0.353 e. The molecule has 1 rings (SSSR count). The molecule has 1 amide bonds. The number of nitrogens with zero attached hydrogens (tertiary/aromatic N) is 1. The van der Waals surface area contributed by atoms with Gasteiger partial charge in [-0.2, -0.15) is 0 Å². The lowest BCUT2D eigenvalue weighted by molar-refractivity contribution is -0.120. The van der Waals surface area contributed by atoms with Gasteiger partial charge in [-0.15, -0.1) is 0 Å². The Kier molecular flexibility index (Phi) is 8.71. The van der Waals surface area contributed by atoms with Gasteiger partial charge in [0.15, 0.2) is 0 Å². The maximum Gasteiger partial charge on any atom is 0.234 e. The Morgan fingerprint density at radius 2 is 1.95 bits per heavy atom. The maximum absolute atomic E-state index is 11.8. The number of aryl methyl sites for hydroxylation is 1.